The summed E-state index contributed by atoms with van der Waals surface area (Å²) in [6.45, 7) is 11.1. The van der Waals surface area contributed by atoms with Crippen molar-refractivity contribution in [3.8, 4) is 0 Å². The van der Waals surface area contributed by atoms with E-state index in [1.54, 1.807) is 20.1 Å². The van der Waals surface area contributed by atoms with Crippen LogP contribution in [0.5, 0.6) is 0 Å². The fourth-order valence-electron chi connectivity index (χ4n) is 2.87. The first-order chi connectivity index (χ1) is 13.0. The molecule has 2 rings (SSSR count). The van der Waals surface area contributed by atoms with E-state index in [1.807, 2.05) is 24.6 Å². The Morgan fingerprint density at radius 1 is 1.26 bits per heavy atom. The smallest absolute Gasteiger partial charge is 0.191 e. The first kappa shape index (κ1) is 20.9. The van der Waals surface area contributed by atoms with Crippen molar-refractivity contribution in [1.29, 1.82) is 0 Å². The van der Waals surface area contributed by atoms with Crippen molar-refractivity contribution in [3.63, 3.8) is 0 Å². The SMILES string of the molecule is CCNC(=NCc1ccc(F)c(C)c1)NCc1c(C)nn(CCOC)c1C. The molecular weight excluding hydrogens is 345 g/mol. The molecular formula is C20H30FN5O. The molecule has 2 N–H and O–H groups in total. The standard InChI is InChI=1S/C20H30FN5O/c1-6-22-20(23-12-17-7-8-19(21)14(2)11-17)24-13-18-15(3)25-26(16(18)4)9-10-27-5/h7-8,11H,6,9-10,12-13H2,1-5H3,(H2,22,23,24). The van der Waals surface area contributed by atoms with E-state index in [-0.39, 0.29) is 5.82 Å². The second kappa shape index (κ2) is 10.1. The average Bonchev–Trinajstić information content (AvgIpc) is 2.91. The van der Waals surface area contributed by atoms with E-state index in [4.69, 9.17) is 4.74 Å². The van der Waals surface area contributed by atoms with Crippen LogP contribution in [-0.4, -0.2) is 36.0 Å². The van der Waals surface area contributed by atoms with Gasteiger partial charge in [0.2, 0.25) is 0 Å². The van der Waals surface area contributed by atoms with Gasteiger partial charge in [0, 0.05) is 31.5 Å². The van der Waals surface area contributed by atoms with Crippen molar-refractivity contribution in [1.82, 2.24) is 20.4 Å². The van der Waals surface area contributed by atoms with E-state index in [2.05, 4.69) is 27.6 Å². The molecule has 0 atom stereocenters. The first-order valence-corrected chi connectivity index (χ1v) is 9.25. The number of nitrogens with zero attached hydrogens (tertiary/aromatic N) is 3. The van der Waals surface area contributed by atoms with Gasteiger partial charge in [-0.05, 0) is 44.9 Å². The third kappa shape index (κ3) is 5.79. The van der Waals surface area contributed by atoms with Gasteiger partial charge in [-0.1, -0.05) is 12.1 Å². The molecule has 1 aromatic heterocycles. The van der Waals surface area contributed by atoms with Gasteiger partial charge in [-0.15, -0.1) is 0 Å². The second-order valence-corrected chi connectivity index (χ2v) is 6.50. The predicted octanol–water partition coefficient (Wildman–Crippen LogP) is 2.85. The van der Waals surface area contributed by atoms with Crippen LogP contribution in [0.1, 0.15) is 35.0 Å². The first-order valence-electron chi connectivity index (χ1n) is 9.25. The van der Waals surface area contributed by atoms with Gasteiger partial charge in [0.15, 0.2) is 5.96 Å². The molecule has 0 saturated carbocycles. The number of rotatable bonds is 8. The Morgan fingerprint density at radius 3 is 2.70 bits per heavy atom. The lowest BCUT2D eigenvalue weighted by molar-refractivity contribution is 0.182. The van der Waals surface area contributed by atoms with E-state index in [9.17, 15) is 4.39 Å². The van der Waals surface area contributed by atoms with E-state index in [0.717, 1.165) is 41.6 Å². The van der Waals surface area contributed by atoms with Crippen LogP contribution >= 0.6 is 0 Å². The van der Waals surface area contributed by atoms with Crippen molar-refractivity contribution < 1.29 is 9.13 Å². The molecule has 27 heavy (non-hydrogen) atoms. The Labute approximate surface area is 160 Å². The van der Waals surface area contributed by atoms with Crippen molar-refractivity contribution in [3.05, 3.63) is 52.1 Å². The minimum Gasteiger partial charge on any atom is -0.383 e. The molecule has 0 aliphatic carbocycles. The predicted molar refractivity (Wildman–Crippen MR) is 106 cm³/mol. The lowest BCUT2D eigenvalue weighted by atomic mass is 10.1. The highest BCUT2D eigenvalue weighted by Gasteiger charge is 2.12. The van der Waals surface area contributed by atoms with Crippen LogP contribution in [0.3, 0.4) is 0 Å². The number of guanidine groups is 1. The molecule has 1 heterocycles. The molecule has 1 aromatic carbocycles. The molecule has 0 radical (unpaired) electrons. The third-order valence-electron chi connectivity index (χ3n) is 4.46. The topological polar surface area (TPSA) is 63.5 Å². The van der Waals surface area contributed by atoms with Gasteiger partial charge in [0.25, 0.3) is 0 Å². The number of benzene rings is 1. The number of aryl methyl sites for hydroxylation is 2. The number of hydrogen-bond acceptors (Lipinski definition) is 3. The normalized spacial score (nSPS) is 11.7. The highest BCUT2D eigenvalue weighted by molar-refractivity contribution is 5.79. The number of hydrogen-bond donors (Lipinski definition) is 2. The van der Waals surface area contributed by atoms with Crippen LogP contribution in [0, 0.1) is 26.6 Å². The average molecular weight is 375 g/mol. The Morgan fingerprint density at radius 2 is 2.04 bits per heavy atom. The Bertz CT molecular complexity index is 785. The number of methoxy groups -OCH3 is 1. The third-order valence-corrected chi connectivity index (χ3v) is 4.46. The molecule has 7 heteroatoms. The summed E-state index contributed by atoms with van der Waals surface area (Å²) in [6.07, 6.45) is 0. The van der Waals surface area contributed by atoms with Crippen molar-refractivity contribution >= 4 is 5.96 Å². The molecule has 0 aliphatic rings. The van der Waals surface area contributed by atoms with Crippen LogP contribution in [0.2, 0.25) is 0 Å². The summed E-state index contributed by atoms with van der Waals surface area (Å²) in [7, 11) is 1.69. The van der Waals surface area contributed by atoms with Gasteiger partial charge in [-0.2, -0.15) is 5.10 Å². The molecule has 0 fully saturated rings. The van der Waals surface area contributed by atoms with Crippen molar-refractivity contribution in [2.24, 2.45) is 4.99 Å². The van der Waals surface area contributed by atoms with Crippen LogP contribution in [0.15, 0.2) is 23.2 Å². The lowest BCUT2D eigenvalue weighted by Gasteiger charge is -2.12. The molecule has 2 aromatic rings. The van der Waals surface area contributed by atoms with E-state index < -0.39 is 0 Å². The fourth-order valence-corrected chi connectivity index (χ4v) is 2.87. The van der Waals surface area contributed by atoms with E-state index in [0.29, 0.717) is 25.3 Å². The minimum absolute atomic E-state index is 0.191. The Kier molecular flexibility index (Phi) is 7.79. The van der Waals surface area contributed by atoms with Gasteiger partial charge in [-0.3, -0.25) is 4.68 Å². The maximum Gasteiger partial charge on any atom is 0.191 e. The van der Waals surface area contributed by atoms with Crippen LogP contribution in [0.25, 0.3) is 0 Å². The summed E-state index contributed by atoms with van der Waals surface area (Å²) in [5, 5.41) is 11.2. The maximum atomic E-state index is 13.4. The largest absolute Gasteiger partial charge is 0.383 e. The summed E-state index contributed by atoms with van der Waals surface area (Å²) in [5.41, 5.74) is 4.90. The van der Waals surface area contributed by atoms with Crippen LogP contribution in [0.4, 0.5) is 4.39 Å². The van der Waals surface area contributed by atoms with E-state index >= 15 is 0 Å². The van der Waals surface area contributed by atoms with Gasteiger partial charge in [0.1, 0.15) is 5.82 Å². The quantitative estimate of drug-likeness (QED) is 0.550. The number of halogens is 1. The summed E-state index contributed by atoms with van der Waals surface area (Å²) in [4.78, 5) is 4.61. The van der Waals surface area contributed by atoms with Crippen molar-refractivity contribution in [2.75, 3.05) is 20.3 Å². The van der Waals surface area contributed by atoms with E-state index in [1.165, 1.54) is 6.07 Å². The van der Waals surface area contributed by atoms with Gasteiger partial charge >= 0.3 is 0 Å². The summed E-state index contributed by atoms with van der Waals surface area (Å²) in [6, 6.07) is 5.09. The summed E-state index contributed by atoms with van der Waals surface area (Å²) >= 11 is 0. The molecule has 0 bridgehead atoms. The Balaban J connectivity index is 2.05. The monoisotopic (exact) mass is 375 g/mol. The van der Waals surface area contributed by atoms with Gasteiger partial charge < -0.3 is 15.4 Å². The zero-order chi connectivity index (χ0) is 19.8. The molecule has 0 aliphatic heterocycles. The molecule has 0 amide bonds. The van der Waals surface area contributed by atoms with Gasteiger partial charge in [0.05, 0.1) is 25.4 Å². The summed E-state index contributed by atoms with van der Waals surface area (Å²) < 4.78 is 20.5. The fraction of sp³-hybridized carbons (Fsp3) is 0.500. The second-order valence-electron chi connectivity index (χ2n) is 6.50. The maximum absolute atomic E-state index is 13.4. The zero-order valence-electron chi connectivity index (χ0n) is 16.9. The molecule has 0 unspecified atom stereocenters. The van der Waals surface area contributed by atoms with Crippen molar-refractivity contribution in [2.45, 2.75) is 47.3 Å². The number of aliphatic imine (C=N–C) groups is 1. The molecule has 0 spiro atoms. The number of ether oxygens (including phenoxy) is 1. The summed E-state index contributed by atoms with van der Waals surface area (Å²) in [5.74, 6) is 0.534. The number of aromatic nitrogens is 2. The lowest BCUT2D eigenvalue weighted by Crippen LogP contribution is -2.37. The number of nitrogens with one attached hydrogen (secondary N) is 2. The zero-order valence-corrected chi connectivity index (χ0v) is 16.9. The highest BCUT2D eigenvalue weighted by Crippen LogP contribution is 2.13. The Hall–Kier alpha value is -2.41. The van der Waals surface area contributed by atoms with Crippen LogP contribution < -0.4 is 10.6 Å². The minimum atomic E-state index is -0.191. The molecule has 148 valence electrons. The van der Waals surface area contributed by atoms with Gasteiger partial charge in [-0.25, -0.2) is 9.38 Å². The molecule has 6 nitrogen and oxygen atoms in total. The highest BCUT2D eigenvalue weighted by atomic mass is 19.1. The van der Waals surface area contributed by atoms with Crippen LogP contribution in [-0.2, 0) is 24.4 Å². The molecule has 0 saturated heterocycles.